The number of anilines is 1. The fourth-order valence-electron chi connectivity index (χ4n) is 1.84. The van der Waals surface area contributed by atoms with Crippen LogP contribution in [-0.2, 0) is 4.79 Å². The highest BCUT2D eigenvalue weighted by atomic mass is 32.2. The van der Waals surface area contributed by atoms with Crippen LogP contribution in [0.25, 0.3) is 0 Å². The topological polar surface area (TPSA) is 64.4 Å². The lowest BCUT2D eigenvalue weighted by Gasteiger charge is -2.09. The van der Waals surface area contributed by atoms with Crippen LogP contribution in [0.4, 0.5) is 5.82 Å². The van der Waals surface area contributed by atoms with Gasteiger partial charge in [-0.05, 0) is 38.0 Å². The summed E-state index contributed by atoms with van der Waals surface area (Å²) in [7, 11) is 0. The highest BCUT2D eigenvalue weighted by molar-refractivity contribution is 7.99. The van der Waals surface area contributed by atoms with E-state index in [1.807, 2.05) is 26.0 Å². The van der Waals surface area contributed by atoms with Crippen molar-refractivity contribution in [2.45, 2.75) is 20.8 Å². The van der Waals surface area contributed by atoms with Crippen LogP contribution in [0.15, 0.2) is 28.8 Å². The number of aromatic nitrogens is 1. The Morgan fingerprint density at radius 1 is 1.32 bits per heavy atom. The molecule has 1 aromatic heterocycles. The summed E-state index contributed by atoms with van der Waals surface area (Å²) in [6.45, 7) is 6.42. The quantitative estimate of drug-likeness (QED) is 0.793. The highest BCUT2D eigenvalue weighted by Gasteiger charge is 2.06. The monoisotopic (exact) mass is 320 g/mol. The second-order valence-corrected chi connectivity index (χ2v) is 6.15. The zero-order valence-corrected chi connectivity index (χ0v) is 13.8. The predicted octanol–water partition coefficient (Wildman–Crippen LogP) is 3.35. The number of hydrogen-bond donors (Lipinski definition) is 1. The molecule has 0 saturated carbocycles. The van der Waals surface area contributed by atoms with Gasteiger partial charge < -0.3 is 14.6 Å². The Labute approximate surface area is 134 Å². The summed E-state index contributed by atoms with van der Waals surface area (Å²) >= 11 is 1.52. The minimum Gasteiger partial charge on any atom is -0.492 e. The Hall–Kier alpha value is -1.95. The normalized spacial score (nSPS) is 10.5. The molecule has 1 N–H and O–H groups in total. The number of carbonyl (C=O) groups is 1. The van der Waals surface area contributed by atoms with Gasteiger partial charge in [0.25, 0.3) is 0 Å². The molecule has 118 valence electrons. The molecular weight excluding hydrogens is 300 g/mol. The third-order valence-electron chi connectivity index (χ3n) is 2.96. The van der Waals surface area contributed by atoms with E-state index in [0.717, 1.165) is 17.1 Å². The van der Waals surface area contributed by atoms with Crippen LogP contribution >= 0.6 is 11.8 Å². The zero-order valence-electron chi connectivity index (χ0n) is 13.0. The van der Waals surface area contributed by atoms with Crippen LogP contribution in [0, 0.1) is 20.8 Å². The fourth-order valence-corrected chi connectivity index (χ4v) is 2.45. The lowest BCUT2D eigenvalue weighted by atomic mass is 10.1. The van der Waals surface area contributed by atoms with Gasteiger partial charge in [0.1, 0.15) is 11.5 Å². The largest absolute Gasteiger partial charge is 0.492 e. The maximum Gasteiger partial charge on any atom is 0.235 e. The average Bonchev–Trinajstić information content (AvgIpc) is 2.87. The lowest BCUT2D eigenvalue weighted by Crippen LogP contribution is -2.15. The van der Waals surface area contributed by atoms with E-state index in [0.29, 0.717) is 23.9 Å². The molecule has 2 rings (SSSR count). The third-order valence-corrected chi connectivity index (χ3v) is 3.88. The van der Waals surface area contributed by atoms with Crippen LogP contribution in [-0.4, -0.2) is 29.2 Å². The summed E-state index contributed by atoms with van der Waals surface area (Å²) in [5, 5.41) is 6.40. The van der Waals surface area contributed by atoms with Gasteiger partial charge in [0.05, 0.1) is 12.4 Å². The fraction of sp³-hybridized carbons (Fsp3) is 0.375. The van der Waals surface area contributed by atoms with E-state index < -0.39 is 0 Å². The first-order valence-electron chi connectivity index (χ1n) is 7.05. The van der Waals surface area contributed by atoms with Crippen molar-refractivity contribution in [2.75, 3.05) is 23.4 Å². The molecule has 0 atom stereocenters. The summed E-state index contributed by atoms with van der Waals surface area (Å²) in [5.41, 5.74) is 2.30. The first-order chi connectivity index (χ1) is 10.5. The number of carbonyl (C=O) groups excluding carboxylic acids is 1. The van der Waals surface area contributed by atoms with Crippen LogP contribution in [0.2, 0.25) is 0 Å². The summed E-state index contributed by atoms with van der Waals surface area (Å²) in [6, 6.07) is 7.82. The van der Waals surface area contributed by atoms with Crippen LogP contribution in [0.1, 0.15) is 16.9 Å². The van der Waals surface area contributed by atoms with Crippen molar-refractivity contribution in [3.63, 3.8) is 0 Å². The Morgan fingerprint density at radius 2 is 2.14 bits per heavy atom. The number of thioether (sulfide) groups is 1. The molecule has 0 aliphatic carbocycles. The predicted molar refractivity (Wildman–Crippen MR) is 88.6 cm³/mol. The van der Waals surface area contributed by atoms with Gasteiger partial charge in [0.2, 0.25) is 5.91 Å². The first-order valence-corrected chi connectivity index (χ1v) is 8.21. The van der Waals surface area contributed by atoms with Gasteiger partial charge in [-0.25, -0.2) is 0 Å². The SMILES string of the molecule is Cc1ccc(C)c(OCCSCC(=O)Nc2cc(C)on2)c1. The van der Waals surface area contributed by atoms with Gasteiger partial charge in [-0.1, -0.05) is 17.3 Å². The second-order valence-electron chi connectivity index (χ2n) is 5.04. The number of amides is 1. The molecule has 5 nitrogen and oxygen atoms in total. The van der Waals surface area contributed by atoms with Crippen molar-refractivity contribution in [1.29, 1.82) is 0 Å². The molecule has 0 radical (unpaired) electrons. The second kappa shape index (κ2) is 7.89. The van der Waals surface area contributed by atoms with Crippen molar-refractivity contribution in [3.05, 3.63) is 41.2 Å². The molecule has 1 heterocycles. The molecule has 0 fully saturated rings. The Kier molecular flexibility index (Phi) is 5.89. The molecule has 0 unspecified atom stereocenters. The maximum atomic E-state index is 11.7. The third kappa shape index (κ3) is 5.11. The van der Waals surface area contributed by atoms with Gasteiger partial charge in [0, 0.05) is 11.8 Å². The van der Waals surface area contributed by atoms with Crippen molar-refractivity contribution < 1.29 is 14.1 Å². The van der Waals surface area contributed by atoms with E-state index in [-0.39, 0.29) is 5.91 Å². The molecule has 2 aromatic rings. The first kappa shape index (κ1) is 16.4. The molecule has 6 heteroatoms. The summed E-state index contributed by atoms with van der Waals surface area (Å²) in [6.07, 6.45) is 0. The van der Waals surface area contributed by atoms with Crippen molar-refractivity contribution in [2.24, 2.45) is 0 Å². The number of nitrogens with one attached hydrogen (secondary N) is 1. The molecule has 0 aliphatic rings. The average molecular weight is 320 g/mol. The molecule has 0 spiro atoms. The number of nitrogens with zero attached hydrogens (tertiary/aromatic N) is 1. The lowest BCUT2D eigenvalue weighted by molar-refractivity contribution is -0.113. The summed E-state index contributed by atoms with van der Waals surface area (Å²) < 4.78 is 10.6. The smallest absolute Gasteiger partial charge is 0.235 e. The van der Waals surface area contributed by atoms with Gasteiger partial charge in [-0.15, -0.1) is 11.8 Å². The van der Waals surface area contributed by atoms with Crippen molar-refractivity contribution in [3.8, 4) is 5.75 Å². The molecule has 0 aliphatic heterocycles. The number of rotatable bonds is 7. The number of hydrogen-bond acceptors (Lipinski definition) is 5. The Bertz CT molecular complexity index is 640. The van der Waals surface area contributed by atoms with Crippen LogP contribution < -0.4 is 10.1 Å². The van der Waals surface area contributed by atoms with E-state index >= 15 is 0 Å². The van der Waals surface area contributed by atoms with Crippen LogP contribution in [0.5, 0.6) is 5.75 Å². The minimum absolute atomic E-state index is 0.0926. The summed E-state index contributed by atoms with van der Waals surface area (Å²) in [5.74, 6) is 3.05. The maximum absolute atomic E-state index is 11.7. The summed E-state index contributed by atoms with van der Waals surface area (Å²) in [4.78, 5) is 11.7. The molecule has 1 amide bonds. The van der Waals surface area contributed by atoms with E-state index in [1.54, 1.807) is 13.0 Å². The number of aryl methyl sites for hydroxylation is 3. The van der Waals surface area contributed by atoms with E-state index in [1.165, 1.54) is 17.3 Å². The molecule has 0 saturated heterocycles. The highest BCUT2D eigenvalue weighted by Crippen LogP contribution is 2.19. The number of benzene rings is 1. The van der Waals surface area contributed by atoms with Crippen molar-refractivity contribution >= 4 is 23.5 Å². The Balaban J connectivity index is 1.64. The van der Waals surface area contributed by atoms with E-state index in [9.17, 15) is 4.79 Å². The van der Waals surface area contributed by atoms with Crippen LogP contribution in [0.3, 0.4) is 0 Å². The molecule has 1 aromatic carbocycles. The van der Waals surface area contributed by atoms with E-state index in [2.05, 4.69) is 16.5 Å². The van der Waals surface area contributed by atoms with Gasteiger partial charge in [0.15, 0.2) is 5.82 Å². The number of ether oxygens (including phenoxy) is 1. The van der Waals surface area contributed by atoms with Gasteiger partial charge >= 0.3 is 0 Å². The van der Waals surface area contributed by atoms with Crippen molar-refractivity contribution in [1.82, 2.24) is 5.16 Å². The molecule has 22 heavy (non-hydrogen) atoms. The minimum atomic E-state index is -0.0926. The van der Waals surface area contributed by atoms with Gasteiger partial charge in [-0.2, -0.15) is 0 Å². The molecular formula is C16H20N2O3S. The van der Waals surface area contributed by atoms with Gasteiger partial charge in [-0.3, -0.25) is 4.79 Å². The standard InChI is InChI=1S/C16H20N2O3S/c1-11-4-5-12(2)14(8-11)20-6-7-22-10-16(19)17-15-9-13(3)21-18-15/h4-5,8-9H,6-7,10H2,1-3H3,(H,17,18,19). The zero-order chi connectivity index (χ0) is 15.9. The van der Waals surface area contributed by atoms with E-state index in [4.69, 9.17) is 9.26 Å². The Morgan fingerprint density at radius 3 is 2.86 bits per heavy atom. The molecule has 0 bridgehead atoms.